The molecular weight excluding hydrogens is 402 g/mol. The number of pyridine rings is 1. The normalized spacial score (nSPS) is 14.7. The fraction of sp³-hybridized carbons (Fsp3) is 0.304. The number of fused-ring (bicyclic) bond motifs is 1. The highest BCUT2D eigenvalue weighted by molar-refractivity contribution is 6.30. The van der Waals surface area contributed by atoms with E-state index < -0.39 is 0 Å². The summed E-state index contributed by atoms with van der Waals surface area (Å²) >= 11 is 5.92. The van der Waals surface area contributed by atoms with E-state index in [4.69, 9.17) is 16.3 Å². The van der Waals surface area contributed by atoms with Crippen molar-refractivity contribution in [2.45, 2.75) is 13.1 Å². The molecule has 1 aliphatic heterocycles. The second-order valence-electron chi connectivity index (χ2n) is 7.59. The Kier molecular flexibility index (Phi) is 6.18. The van der Waals surface area contributed by atoms with E-state index in [0.29, 0.717) is 17.0 Å². The largest absolute Gasteiger partial charge is 0.379 e. The quantitative estimate of drug-likeness (QED) is 0.681. The van der Waals surface area contributed by atoms with Crippen LogP contribution < -0.4 is 5.43 Å². The van der Waals surface area contributed by atoms with Crippen molar-refractivity contribution in [2.75, 3.05) is 33.4 Å². The van der Waals surface area contributed by atoms with Gasteiger partial charge < -0.3 is 14.6 Å². The van der Waals surface area contributed by atoms with Gasteiger partial charge >= 0.3 is 0 Å². The van der Waals surface area contributed by atoms with Crippen LogP contribution in [0.25, 0.3) is 10.9 Å². The van der Waals surface area contributed by atoms with E-state index in [2.05, 4.69) is 9.88 Å². The molecule has 2 heterocycles. The number of hydrogen-bond donors (Lipinski definition) is 1. The molecule has 0 atom stereocenters. The molecule has 6 nitrogen and oxygen atoms in total. The van der Waals surface area contributed by atoms with E-state index in [-0.39, 0.29) is 16.9 Å². The lowest BCUT2D eigenvalue weighted by atomic mass is 10.1. The molecule has 1 amide bonds. The number of hydrogen-bond acceptors (Lipinski definition) is 4. The predicted octanol–water partition coefficient (Wildman–Crippen LogP) is 3.29. The minimum Gasteiger partial charge on any atom is -0.379 e. The van der Waals surface area contributed by atoms with Crippen molar-refractivity contribution in [2.24, 2.45) is 0 Å². The molecule has 0 spiro atoms. The third kappa shape index (κ3) is 4.56. The Hall–Kier alpha value is -2.67. The van der Waals surface area contributed by atoms with Crippen LogP contribution in [0.15, 0.2) is 53.5 Å². The molecule has 0 bridgehead atoms. The highest BCUT2D eigenvalue weighted by Gasteiger charge is 2.18. The van der Waals surface area contributed by atoms with Gasteiger partial charge in [0.2, 0.25) is 5.43 Å². The van der Waals surface area contributed by atoms with E-state index in [1.165, 1.54) is 11.1 Å². The van der Waals surface area contributed by atoms with Crippen molar-refractivity contribution in [3.63, 3.8) is 0 Å². The molecule has 1 aliphatic rings. The third-order valence-corrected chi connectivity index (χ3v) is 5.62. The summed E-state index contributed by atoms with van der Waals surface area (Å²) in [5, 5.41) is 1.18. The molecule has 1 saturated heterocycles. The van der Waals surface area contributed by atoms with Gasteiger partial charge in [0, 0.05) is 55.3 Å². The first kappa shape index (κ1) is 20.6. The van der Waals surface area contributed by atoms with Crippen LogP contribution in [-0.2, 0) is 17.8 Å². The summed E-state index contributed by atoms with van der Waals surface area (Å²) in [6.45, 7) is 4.36. The van der Waals surface area contributed by atoms with Gasteiger partial charge in [-0.1, -0.05) is 29.8 Å². The predicted molar refractivity (Wildman–Crippen MR) is 118 cm³/mol. The van der Waals surface area contributed by atoms with E-state index in [9.17, 15) is 9.59 Å². The number of nitrogens with one attached hydrogen (secondary N) is 1. The summed E-state index contributed by atoms with van der Waals surface area (Å²) < 4.78 is 5.39. The number of nitrogens with zero attached hydrogens (tertiary/aromatic N) is 2. The van der Waals surface area contributed by atoms with Gasteiger partial charge in [-0.25, -0.2) is 0 Å². The number of rotatable bonds is 5. The number of H-pyrrole nitrogens is 1. The van der Waals surface area contributed by atoms with Crippen molar-refractivity contribution in [1.82, 2.24) is 14.8 Å². The number of amides is 1. The maximum absolute atomic E-state index is 13.1. The number of aromatic nitrogens is 1. The summed E-state index contributed by atoms with van der Waals surface area (Å²) in [6, 6.07) is 13.1. The number of ether oxygens (including phenoxy) is 1. The number of carbonyl (C=O) groups is 1. The zero-order valence-electron chi connectivity index (χ0n) is 16.9. The highest BCUT2D eigenvalue weighted by atomic mass is 35.5. The van der Waals surface area contributed by atoms with Crippen LogP contribution in [0.4, 0.5) is 0 Å². The summed E-state index contributed by atoms with van der Waals surface area (Å²) in [5.41, 5.74) is 2.61. The summed E-state index contributed by atoms with van der Waals surface area (Å²) in [7, 11) is 1.69. The lowest BCUT2D eigenvalue weighted by molar-refractivity contribution is 0.0342. The standard InChI is InChI=1S/C23H24ClN3O3/c1-26(14-16-2-5-18(24)6-3-16)23(29)20-13-25-21-7-4-17(12-19(21)22(20)28)15-27-8-10-30-11-9-27/h2-7,12-13H,8-11,14-15H2,1H3,(H,25,28). The van der Waals surface area contributed by atoms with Gasteiger partial charge in [0.25, 0.3) is 5.91 Å². The van der Waals surface area contributed by atoms with Crippen molar-refractivity contribution in [3.8, 4) is 0 Å². The van der Waals surface area contributed by atoms with Crippen LogP contribution in [-0.4, -0.2) is 54.0 Å². The monoisotopic (exact) mass is 425 g/mol. The first-order chi connectivity index (χ1) is 14.5. The van der Waals surface area contributed by atoms with Gasteiger partial charge in [0.15, 0.2) is 0 Å². The van der Waals surface area contributed by atoms with E-state index in [0.717, 1.165) is 49.5 Å². The van der Waals surface area contributed by atoms with E-state index in [1.54, 1.807) is 19.2 Å². The van der Waals surface area contributed by atoms with Crippen molar-refractivity contribution >= 4 is 28.4 Å². The van der Waals surface area contributed by atoms with Crippen LogP contribution in [0, 0.1) is 0 Å². The van der Waals surface area contributed by atoms with Gasteiger partial charge in [0.1, 0.15) is 5.56 Å². The second kappa shape index (κ2) is 9.00. The molecule has 0 radical (unpaired) electrons. The Morgan fingerprint density at radius 3 is 2.57 bits per heavy atom. The minimum absolute atomic E-state index is 0.141. The first-order valence-electron chi connectivity index (χ1n) is 9.95. The van der Waals surface area contributed by atoms with Crippen molar-refractivity contribution in [3.05, 3.63) is 80.6 Å². The van der Waals surface area contributed by atoms with Crippen LogP contribution in [0.1, 0.15) is 21.5 Å². The number of benzene rings is 2. The van der Waals surface area contributed by atoms with Crippen LogP contribution in [0.2, 0.25) is 5.02 Å². The summed E-state index contributed by atoms with van der Waals surface area (Å²) in [4.78, 5) is 33.0. The van der Waals surface area contributed by atoms with Gasteiger partial charge in [-0.3, -0.25) is 14.5 Å². The average molecular weight is 426 g/mol. The van der Waals surface area contributed by atoms with Crippen LogP contribution >= 0.6 is 11.6 Å². The smallest absolute Gasteiger partial charge is 0.259 e. The molecule has 0 aliphatic carbocycles. The molecule has 0 unspecified atom stereocenters. The molecule has 3 aromatic rings. The highest BCUT2D eigenvalue weighted by Crippen LogP contribution is 2.16. The maximum Gasteiger partial charge on any atom is 0.259 e. The molecule has 30 heavy (non-hydrogen) atoms. The van der Waals surface area contributed by atoms with Crippen LogP contribution in [0.3, 0.4) is 0 Å². The fourth-order valence-electron chi connectivity index (χ4n) is 3.68. The summed E-state index contributed by atoms with van der Waals surface area (Å²) in [5.74, 6) is -0.313. The molecule has 2 aromatic carbocycles. The molecule has 7 heteroatoms. The number of morpholine rings is 1. The first-order valence-corrected chi connectivity index (χ1v) is 10.3. The number of aromatic amines is 1. The molecule has 1 aromatic heterocycles. The molecule has 1 N–H and O–H groups in total. The third-order valence-electron chi connectivity index (χ3n) is 5.37. The fourth-order valence-corrected chi connectivity index (χ4v) is 3.81. The van der Waals surface area contributed by atoms with Crippen molar-refractivity contribution < 1.29 is 9.53 Å². The lowest BCUT2D eigenvalue weighted by Crippen LogP contribution is -2.35. The van der Waals surface area contributed by atoms with Gasteiger partial charge in [-0.05, 0) is 35.4 Å². The Morgan fingerprint density at radius 2 is 1.83 bits per heavy atom. The molecule has 1 fully saturated rings. The van der Waals surface area contributed by atoms with Gasteiger partial charge in [0.05, 0.1) is 13.2 Å². The van der Waals surface area contributed by atoms with E-state index >= 15 is 0 Å². The molecule has 156 valence electrons. The van der Waals surface area contributed by atoms with Gasteiger partial charge in [-0.2, -0.15) is 0 Å². The topological polar surface area (TPSA) is 65.6 Å². The van der Waals surface area contributed by atoms with Gasteiger partial charge in [-0.15, -0.1) is 0 Å². The number of carbonyl (C=O) groups excluding carboxylic acids is 1. The molecule has 4 rings (SSSR count). The lowest BCUT2D eigenvalue weighted by Gasteiger charge is -2.26. The average Bonchev–Trinajstić information content (AvgIpc) is 2.76. The Balaban J connectivity index is 1.57. The SMILES string of the molecule is CN(Cc1ccc(Cl)cc1)C(=O)c1c[nH]c2ccc(CN3CCOCC3)cc2c1=O. The Labute approximate surface area is 180 Å². The zero-order valence-corrected chi connectivity index (χ0v) is 17.6. The van der Waals surface area contributed by atoms with E-state index in [1.807, 2.05) is 30.3 Å². The molecule has 0 saturated carbocycles. The molecular formula is C23H24ClN3O3. The zero-order chi connectivity index (χ0) is 21.1. The Bertz CT molecular complexity index is 1100. The second-order valence-corrected chi connectivity index (χ2v) is 8.02. The Morgan fingerprint density at radius 1 is 1.13 bits per heavy atom. The maximum atomic E-state index is 13.1. The minimum atomic E-state index is -0.313. The van der Waals surface area contributed by atoms with Crippen LogP contribution in [0.5, 0.6) is 0 Å². The van der Waals surface area contributed by atoms with Crippen molar-refractivity contribution in [1.29, 1.82) is 0 Å². The number of halogens is 1. The summed E-state index contributed by atoms with van der Waals surface area (Å²) in [6.07, 6.45) is 1.51.